The summed E-state index contributed by atoms with van der Waals surface area (Å²) in [4.78, 5) is 2.16. The van der Waals surface area contributed by atoms with Gasteiger partial charge in [0.2, 0.25) is 0 Å². The zero-order valence-electron chi connectivity index (χ0n) is 14.8. The molecule has 0 fully saturated rings. The molecule has 126 valence electrons. The Morgan fingerprint density at radius 2 is 1.86 bits per heavy atom. The highest BCUT2D eigenvalue weighted by molar-refractivity contribution is 5.37. The molecule has 1 aromatic rings. The van der Waals surface area contributed by atoms with Crippen LogP contribution in [0.1, 0.15) is 30.9 Å². The van der Waals surface area contributed by atoms with Crippen LogP contribution in [0.5, 0.6) is 5.75 Å². The summed E-state index contributed by atoms with van der Waals surface area (Å²) in [6, 6.07) is 6.44. The van der Waals surface area contributed by atoms with Crippen LogP contribution in [0.4, 0.5) is 0 Å². The predicted molar refractivity (Wildman–Crippen MR) is 93.0 cm³/mol. The Morgan fingerprint density at radius 1 is 1.09 bits per heavy atom. The first kappa shape index (κ1) is 18.9. The standard InChI is InChI=1S/C18H32N2O2/c1-15(2)17-7-6-16(3)18(14-17)22-13-12-21-11-9-19-8-10-20(4)5/h6-7,14-15,19H,8-13H2,1-5H3. The molecular weight excluding hydrogens is 276 g/mol. The van der Waals surface area contributed by atoms with Crippen molar-refractivity contribution in [3.63, 3.8) is 0 Å². The van der Waals surface area contributed by atoms with Crippen molar-refractivity contribution in [3.05, 3.63) is 29.3 Å². The van der Waals surface area contributed by atoms with E-state index in [1.165, 1.54) is 11.1 Å². The van der Waals surface area contributed by atoms with Gasteiger partial charge in [0.1, 0.15) is 12.4 Å². The van der Waals surface area contributed by atoms with Crippen LogP contribution in [0.15, 0.2) is 18.2 Å². The molecule has 0 unspecified atom stereocenters. The number of likely N-dealkylation sites (N-methyl/N-ethyl adjacent to an activating group) is 1. The van der Waals surface area contributed by atoms with E-state index in [-0.39, 0.29) is 0 Å². The lowest BCUT2D eigenvalue weighted by Gasteiger charge is -2.13. The molecule has 0 spiro atoms. The SMILES string of the molecule is Cc1ccc(C(C)C)cc1OCCOCCNCCN(C)C. The number of nitrogens with one attached hydrogen (secondary N) is 1. The van der Waals surface area contributed by atoms with Crippen molar-refractivity contribution in [3.8, 4) is 5.75 Å². The molecule has 0 aliphatic heterocycles. The van der Waals surface area contributed by atoms with Gasteiger partial charge in [-0.2, -0.15) is 0 Å². The van der Waals surface area contributed by atoms with Crippen molar-refractivity contribution in [1.82, 2.24) is 10.2 Å². The Bertz CT molecular complexity index is 420. The van der Waals surface area contributed by atoms with Crippen molar-refractivity contribution in [2.45, 2.75) is 26.7 Å². The summed E-state index contributed by atoms with van der Waals surface area (Å²) in [7, 11) is 4.15. The number of benzene rings is 1. The Morgan fingerprint density at radius 3 is 2.55 bits per heavy atom. The Labute approximate surface area is 135 Å². The fourth-order valence-electron chi connectivity index (χ4n) is 2.02. The molecular formula is C18H32N2O2. The molecule has 0 amide bonds. The summed E-state index contributed by atoms with van der Waals surface area (Å²) in [5.74, 6) is 1.49. The molecule has 1 aromatic carbocycles. The minimum Gasteiger partial charge on any atom is -0.491 e. The van der Waals surface area contributed by atoms with Gasteiger partial charge in [0.15, 0.2) is 0 Å². The molecule has 0 aromatic heterocycles. The van der Waals surface area contributed by atoms with Gasteiger partial charge in [-0.15, -0.1) is 0 Å². The van der Waals surface area contributed by atoms with E-state index >= 15 is 0 Å². The predicted octanol–water partition coefficient (Wildman–Crippen LogP) is 2.67. The normalized spacial score (nSPS) is 11.4. The fourth-order valence-corrected chi connectivity index (χ4v) is 2.02. The number of hydrogen-bond donors (Lipinski definition) is 1. The molecule has 0 heterocycles. The van der Waals surface area contributed by atoms with Gasteiger partial charge in [0.05, 0.1) is 13.2 Å². The first-order valence-corrected chi connectivity index (χ1v) is 8.17. The van der Waals surface area contributed by atoms with E-state index in [2.05, 4.69) is 63.3 Å². The smallest absolute Gasteiger partial charge is 0.122 e. The van der Waals surface area contributed by atoms with Crippen LogP contribution in [0, 0.1) is 6.92 Å². The van der Waals surface area contributed by atoms with Crippen LogP contribution in [-0.4, -0.2) is 58.5 Å². The summed E-state index contributed by atoms with van der Waals surface area (Å²) in [5.41, 5.74) is 2.49. The lowest BCUT2D eigenvalue weighted by molar-refractivity contribution is 0.101. The summed E-state index contributed by atoms with van der Waals surface area (Å²) < 4.78 is 11.4. The van der Waals surface area contributed by atoms with Crippen LogP contribution >= 0.6 is 0 Å². The van der Waals surface area contributed by atoms with E-state index in [1.54, 1.807) is 0 Å². The summed E-state index contributed by atoms with van der Waals surface area (Å²) in [6.07, 6.45) is 0. The molecule has 0 aliphatic rings. The second kappa shape index (κ2) is 10.6. The van der Waals surface area contributed by atoms with Gasteiger partial charge < -0.3 is 19.7 Å². The highest BCUT2D eigenvalue weighted by Gasteiger charge is 2.04. The van der Waals surface area contributed by atoms with Gasteiger partial charge in [0.25, 0.3) is 0 Å². The largest absolute Gasteiger partial charge is 0.491 e. The van der Waals surface area contributed by atoms with Crippen molar-refractivity contribution in [2.24, 2.45) is 0 Å². The quantitative estimate of drug-likeness (QED) is 0.637. The van der Waals surface area contributed by atoms with Crippen molar-refractivity contribution >= 4 is 0 Å². The molecule has 0 saturated carbocycles. The maximum Gasteiger partial charge on any atom is 0.122 e. The lowest BCUT2D eigenvalue weighted by Crippen LogP contribution is -2.29. The number of ether oxygens (including phenoxy) is 2. The van der Waals surface area contributed by atoms with Crippen LogP contribution in [0.3, 0.4) is 0 Å². The average molecular weight is 308 g/mol. The van der Waals surface area contributed by atoms with E-state index < -0.39 is 0 Å². The van der Waals surface area contributed by atoms with Gasteiger partial charge >= 0.3 is 0 Å². The van der Waals surface area contributed by atoms with Gasteiger partial charge in [-0.05, 0) is 44.1 Å². The van der Waals surface area contributed by atoms with Crippen molar-refractivity contribution in [1.29, 1.82) is 0 Å². The highest BCUT2D eigenvalue weighted by Crippen LogP contribution is 2.24. The zero-order chi connectivity index (χ0) is 16.4. The Balaban J connectivity index is 2.13. The molecule has 1 N–H and O–H groups in total. The molecule has 4 heteroatoms. The molecule has 0 bridgehead atoms. The number of hydrogen-bond acceptors (Lipinski definition) is 4. The fraction of sp³-hybridized carbons (Fsp3) is 0.667. The minimum atomic E-state index is 0.521. The van der Waals surface area contributed by atoms with E-state index in [4.69, 9.17) is 9.47 Å². The monoisotopic (exact) mass is 308 g/mol. The summed E-state index contributed by atoms with van der Waals surface area (Å²) in [5, 5.41) is 3.35. The number of rotatable bonds is 11. The minimum absolute atomic E-state index is 0.521. The van der Waals surface area contributed by atoms with E-state index in [0.29, 0.717) is 19.1 Å². The zero-order valence-corrected chi connectivity index (χ0v) is 14.8. The van der Waals surface area contributed by atoms with Crippen molar-refractivity contribution < 1.29 is 9.47 Å². The second-order valence-corrected chi connectivity index (χ2v) is 6.19. The maximum absolute atomic E-state index is 5.83. The average Bonchev–Trinajstić information content (AvgIpc) is 2.46. The molecule has 22 heavy (non-hydrogen) atoms. The van der Waals surface area contributed by atoms with E-state index in [0.717, 1.165) is 32.0 Å². The molecule has 1 rings (SSSR count). The van der Waals surface area contributed by atoms with Gasteiger partial charge in [0, 0.05) is 19.6 Å². The number of aryl methyl sites for hydroxylation is 1. The summed E-state index contributed by atoms with van der Waals surface area (Å²) >= 11 is 0. The van der Waals surface area contributed by atoms with Crippen LogP contribution in [0.2, 0.25) is 0 Å². The lowest BCUT2D eigenvalue weighted by atomic mass is 10.0. The van der Waals surface area contributed by atoms with Crippen molar-refractivity contribution in [2.75, 3.05) is 53.6 Å². The van der Waals surface area contributed by atoms with Gasteiger partial charge in [-0.25, -0.2) is 0 Å². The van der Waals surface area contributed by atoms with E-state index in [1.807, 2.05) is 0 Å². The van der Waals surface area contributed by atoms with Gasteiger partial charge in [-0.3, -0.25) is 0 Å². The number of nitrogens with zero attached hydrogens (tertiary/aromatic N) is 1. The van der Waals surface area contributed by atoms with Crippen LogP contribution < -0.4 is 10.1 Å². The van der Waals surface area contributed by atoms with Crippen LogP contribution in [-0.2, 0) is 4.74 Å². The first-order chi connectivity index (χ1) is 10.5. The topological polar surface area (TPSA) is 33.7 Å². The molecule has 0 saturated heterocycles. The third kappa shape index (κ3) is 7.78. The van der Waals surface area contributed by atoms with E-state index in [9.17, 15) is 0 Å². The third-order valence-electron chi connectivity index (χ3n) is 3.52. The maximum atomic E-state index is 5.83. The Kier molecular flexibility index (Phi) is 9.13. The second-order valence-electron chi connectivity index (χ2n) is 6.19. The Hall–Kier alpha value is -1.10. The molecule has 0 aliphatic carbocycles. The first-order valence-electron chi connectivity index (χ1n) is 8.17. The summed E-state index contributed by atoms with van der Waals surface area (Å²) in [6.45, 7) is 11.3. The molecule has 4 nitrogen and oxygen atoms in total. The third-order valence-corrected chi connectivity index (χ3v) is 3.52. The molecule has 0 atom stereocenters. The highest BCUT2D eigenvalue weighted by atomic mass is 16.5. The van der Waals surface area contributed by atoms with Gasteiger partial charge in [-0.1, -0.05) is 26.0 Å². The molecule has 0 radical (unpaired) electrons. The van der Waals surface area contributed by atoms with Crippen LogP contribution in [0.25, 0.3) is 0 Å².